The van der Waals surface area contributed by atoms with Crippen molar-refractivity contribution in [3.05, 3.63) is 29.8 Å². The third-order valence-corrected chi connectivity index (χ3v) is 2.93. The van der Waals surface area contributed by atoms with E-state index in [2.05, 4.69) is 5.32 Å². The largest absolute Gasteiger partial charge is 0.492 e. The topological polar surface area (TPSA) is 41.6 Å². The summed E-state index contributed by atoms with van der Waals surface area (Å²) in [4.78, 5) is 13.4. The SMILES string of the molecule is O=C(NCCOc1ccc(F)c(F)c1)N1CCCC1. The number of amides is 2. The highest BCUT2D eigenvalue weighted by molar-refractivity contribution is 5.74. The second-order valence-corrected chi connectivity index (χ2v) is 4.35. The molecule has 0 aromatic heterocycles. The van der Waals surface area contributed by atoms with Crippen LogP contribution in [-0.4, -0.2) is 37.2 Å². The van der Waals surface area contributed by atoms with Crippen molar-refractivity contribution in [2.24, 2.45) is 0 Å². The van der Waals surface area contributed by atoms with Gasteiger partial charge in [-0.1, -0.05) is 0 Å². The van der Waals surface area contributed by atoms with Gasteiger partial charge in [-0.15, -0.1) is 0 Å². The van der Waals surface area contributed by atoms with Crippen LogP contribution in [0.2, 0.25) is 0 Å². The molecule has 0 spiro atoms. The van der Waals surface area contributed by atoms with Gasteiger partial charge in [-0.05, 0) is 25.0 Å². The van der Waals surface area contributed by atoms with Gasteiger partial charge < -0.3 is 15.0 Å². The highest BCUT2D eigenvalue weighted by atomic mass is 19.2. The molecule has 19 heavy (non-hydrogen) atoms. The molecular formula is C13H16F2N2O2. The average Bonchev–Trinajstić information content (AvgIpc) is 2.92. The molecule has 1 aliphatic heterocycles. The first-order valence-electron chi connectivity index (χ1n) is 6.27. The minimum absolute atomic E-state index is 0.105. The van der Waals surface area contributed by atoms with E-state index in [0.29, 0.717) is 6.54 Å². The predicted molar refractivity (Wildman–Crippen MR) is 66.1 cm³/mol. The van der Waals surface area contributed by atoms with Crippen LogP contribution in [0.25, 0.3) is 0 Å². The Labute approximate surface area is 110 Å². The summed E-state index contributed by atoms with van der Waals surface area (Å²) >= 11 is 0. The molecule has 0 saturated carbocycles. The van der Waals surface area contributed by atoms with Crippen LogP contribution in [0.15, 0.2) is 18.2 Å². The molecule has 4 nitrogen and oxygen atoms in total. The standard InChI is InChI=1S/C13H16F2N2O2/c14-11-4-3-10(9-12(11)15)19-8-5-16-13(18)17-6-1-2-7-17/h3-4,9H,1-2,5-8H2,(H,16,18). The van der Waals surface area contributed by atoms with E-state index < -0.39 is 11.6 Å². The van der Waals surface area contributed by atoms with Crippen LogP contribution in [0.5, 0.6) is 5.75 Å². The van der Waals surface area contributed by atoms with Crippen molar-refractivity contribution in [3.8, 4) is 5.75 Å². The van der Waals surface area contributed by atoms with Crippen LogP contribution in [-0.2, 0) is 0 Å². The zero-order chi connectivity index (χ0) is 13.7. The molecule has 0 aliphatic carbocycles. The number of carbonyl (C=O) groups excluding carboxylic acids is 1. The van der Waals surface area contributed by atoms with E-state index in [4.69, 9.17) is 4.74 Å². The monoisotopic (exact) mass is 270 g/mol. The van der Waals surface area contributed by atoms with Gasteiger partial charge in [0, 0.05) is 19.2 Å². The molecule has 2 rings (SSSR count). The van der Waals surface area contributed by atoms with Crippen molar-refractivity contribution >= 4 is 6.03 Å². The number of nitrogens with zero attached hydrogens (tertiary/aromatic N) is 1. The van der Waals surface area contributed by atoms with Gasteiger partial charge in [-0.2, -0.15) is 0 Å². The summed E-state index contributed by atoms with van der Waals surface area (Å²) in [5.41, 5.74) is 0. The van der Waals surface area contributed by atoms with Crippen molar-refractivity contribution in [3.63, 3.8) is 0 Å². The molecule has 0 bridgehead atoms. The zero-order valence-corrected chi connectivity index (χ0v) is 10.5. The molecule has 1 fully saturated rings. The van der Waals surface area contributed by atoms with E-state index in [9.17, 15) is 13.6 Å². The second-order valence-electron chi connectivity index (χ2n) is 4.35. The lowest BCUT2D eigenvalue weighted by atomic mass is 10.3. The van der Waals surface area contributed by atoms with Crippen molar-refractivity contribution in [1.82, 2.24) is 10.2 Å². The Balaban J connectivity index is 1.68. The first-order valence-corrected chi connectivity index (χ1v) is 6.27. The van der Waals surface area contributed by atoms with Crippen molar-refractivity contribution in [2.75, 3.05) is 26.2 Å². The van der Waals surface area contributed by atoms with E-state index in [1.807, 2.05) is 0 Å². The Kier molecular flexibility index (Phi) is 4.54. The van der Waals surface area contributed by atoms with Crippen LogP contribution >= 0.6 is 0 Å². The van der Waals surface area contributed by atoms with Gasteiger partial charge in [0.15, 0.2) is 11.6 Å². The molecule has 1 aromatic rings. The molecular weight excluding hydrogens is 254 g/mol. The summed E-state index contributed by atoms with van der Waals surface area (Å²) in [6.45, 7) is 2.12. The highest BCUT2D eigenvalue weighted by Gasteiger charge is 2.16. The number of hydrogen-bond acceptors (Lipinski definition) is 2. The fraction of sp³-hybridized carbons (Fsp3) is 0.462. The normalized spacial score (nSPS) is 14.5. The Morgan fingerprint density at radius 1 is 1.26 bits per heavy atom. The maximum Gasteiger partial charge on any atom is 0.317 e. The summed E-state index contributed by atoms with van der Waals surface area (Å²) in [6, 6.07) is 3.23. The van der Waals surface area contributed by atoms with Crippen molar-refractivity contribution in [2.45, 2.75) is 12.8 Å². The average molecular weight is 270 g/mol. The Morgan fingerprint density at radius 2 is 2.00 bits per heavy atom. The van der Waals surface area contributed by atoms with Gasteiger partial charge in [-0.3, -0.25) is 0 Å². The van der Waals surface area contributed by atoms with Crippen LogP contribution in [0.3, 0.4) is 0 Å². The number of carbonyl (C=O) groups is 1. The molecule has 0 radical (unpaired) electrons. The predicted octanol–water partition coefficient (Wildman–Crippen LogP) is 2.15. The molecule has 0 unspecified atom stereocenters. The molecule has 0 atom stereocenters. The van der Waals surface area contributed by atoms with E-state index in [-0.39, 0.29) is 18.4 Å². The lowest BCUT2D eigenvalue weighted by molar-refractivity contribution is 0.205. The fourth-order valence-corrected chi connectivity index (χ4v) is 1.93. The van der Waals surface area contributed by atoms with Crippen LogP contribution < -0.4 is 10.1 Å². The Hall–Kier alpha value is -1.85. The van der Waals surface area contributed by atoms with E-state index in [1.54, 1.807) is 4.90 Å². The lowest BCUT2D eigenvalue weighted by Gasteiger charge is -2.16. The molecule has 6 heteroatoms. The van der Waals surface area contributed by atoms with Gasteiger partial charge in [0.2, 0.25) is 0 Å². The zero-order valence-electron chi connectivity index (χ0n) is 10.5. The summed E-state index contributed by atoms with van der Waals surface area (Å²) in [5.74, 6) is -1.61. The molecule has 2 amide bonds. The maximum absolute atomic E-state index is 12.9. The molecule has 1 heterocycles. The van der Waals surface area contributed by atoms with E-state index in [1.165, 1.54) is 6.07 Å². The minimum Gasteiger partial charge on any atom is -0.492 e. The Bertz CT molecular complexity index is 448. The first-order chi connectivity index (χ1) is 9.16. The Morgan fingerprint density at radius 3 is 2.68 bits per heavy atom. The molecule has 1 N–H and O–H groups in total. The fourth-order valence-electron chi connectivity index (χ4n) is 1.93. The number of nitrogens with one attached hydrogen (secondary N) is 1. The number of halogens is 2. The number of ether oxygens (including phenoxy) is 1. The summed E-state index contributed by atoms with van der Waals surface area (Å²) in [7, 11) is 0. The smallest absolute Gasteiger partial charge is 0.317 e. The number of hydrogen-bond donors (Lipinski definition) is 1. The summed E-state index contributed by atoms with van der Waals surface area (Å²) in [5, 5.41) is 2.72. The van der Waals surface area contributed by atoms with Crippen molar-refractivity contribution < 1.29 is 18.3 Å². The number of benzene rings is 1. The third-order valence-electron chi connectivity index (χ3n) is 2.93. The number of rotatable bonds is 4. The third kappa shape index (κ3) is 3.81. The molecule has 1 aliphatic rings. The highest BCUT2D eigenvalue weighted by Crippen LogP contribution is 2.15. The van der Waals surface area contributed by atoms with E-state index in [0.717, 1.165) is 38.1 Å². The van der Waals surface area contributed by atoms with Crippen molar-refractivity contribution in [1.29, 1.82) is 0 Å². The lowest BCUT2D eigenvalue weighted by Crippen LogP contribution is -2.39. The summed E-state index contributed by atoms with van der Waals surface area (Å²) < 4.78 is 30.8. The van der Waals surface area contributed by atoms with Gasteiger partial charge in [0.1, 0.15) is 12.4 Å². The second kappa shape index (κ2) is 6.36. The first kappa shape index (κ1) is 13.6. The number of urea groups is 1. The van der Waals surface area contributed by atoms with E-state index >= 15 is 0 Å². The molecule has 1 aromatic carbocycles. The van der Waals surface area contributed by atoms with Crippen LogP contribution in [0.4, 0.5) is 13.6 Å². The minimum atomic E-state index is -0.946. The summed E-state index contributed by atoms with van der Waals surface area (Å²) in [6.07, 6.45) is 2.08. The van der Waals surface area contributed by atoms with Crippen LogP contribution in [0, 0.1) is 11.6 Å². The van der Waals surface area contributed by atoms with Gasteiger partial charge in [0.25, 0.3) is 0 Å². The van der Waals surface area contributed by atoms with Gasteiger partial charge in [0.05, 0.1) is 6.54 Å². The quantitative estimate of drug-likeness (QED) is 0.852. The number of likely N-dealkylation sites (tertiary alicyclic amines) is 1. The van der Waals surface area contributed by atoms with Gasteiger partial charge in [-0.25, -0.2) is 13.6 Å². The van der Waals surface area contributed by atoms with Gasteiger partial charge >= 0.3 is 6.03 Å². The molecule has 1 saturated heterocycles. The van der Waals surface area contributed by atoms with Crippen LogP contribution in [0.1, 0.15) is 12.8 Å². The molecule has 104 valence electrons. The maximum atomic E-state index is 12.9.